The van der Waals surface area contributed by atoms with E-state index in [4.69, 9.17) is 9.47 Å². The largest absolute Gasteiger partial charge is 0.490 e. The van der Waals surface area contributed by atoms with Gasteiger partial charge >= 0.3 is 0 Å². The van der Waals surface area contributed by atoms with Crippen molar-refractivity contribution in [2.45, 2.75) is 102 Å². The lowest BCUT2D eigenvalue weighted by molar-refractivity contribution is 0.0727. The van der Waals surface area contributed by atoms with Crippen LogP contribution in [0.25, 0.3) is 0 Å². The lowest BCUT2D eigenvalue weighted by atomic mass is 9.76. The average molecular weight is 577 g/mol. The number of ether oxygens (including phenoxy) is 2. The fourth-order valence-electron chi connectivity index (χ4n) is 6.55. The van der Waals surface area contributed by atoms with Gasteiger partial charge in [-0.2, -0.15) is 8.78 Å². The molecule has 1 atom stereocenters. The van der Waals surface area contributed by atoms with E-state index in [1.165, 1.54) is 12.1 Å². The van der Waals surface area contributed by atoms with E-state index in [-0.39, 0.29) is 47.9 Å². The Kier molecular flexibility index (Phi) is 11.5. The van der Waals surface area contributed by atoms with E-state index in [9.17, 15) is 18.3 Å². The first kappa shape index (κ1) is 31.4. The van der Waals surface area contributed by atoms with Crippen molar-refractivity contribution in [2.75, 3.05) is 13.2 Å². The van der Waals surface area contributed by atoms with E-state index in [2.05, 4.69) is 13.5 Å². The van der Waals surface area contributed by atoms with E-state index in [0.29, 0.717) is 37.0 Å². The lowest BCUT2D eigenvalue weighted by Crippen LogP contribution is -2.25. The Morgan fingerprint density at radius 2 is 1.34 bits per heavy atom. The zero-order chi connectivity index (χ0) is 29.4. The third-order valence-corrected chi connectivity index (χ3v) is 9.07. The molecule has 2 fully saturated rings. The summed E-state index contributed by atoms with van der Waals surface area (Å²) in [6.45, 7) is 6.23. The van der Waals surface area contributed by atoms with Crippen molar-refractivity contribution in [1.29, 1.82) is 0 Å². The lowest BCUT2D eigenvalue weighted by Gasteiger charge is -2.32. The molecule has 0 aliphatic heterocycles. The van der Waals surface area contributed by atoms with Gasteiger partial charge in [0.2, 0.25) is 11.6 Å². The molecule has 0 spiro atoms. The van der Waals surface area contributed by atoms with E-state index < -0.39 is 23.3 Å². The number of halogens is 4. The van der Waals surface area contributed by atoms with Gasteiger partial charge in [0, 0.05) is 0 Å². The Hall–Kier alpha value is -2.54. The highest BCUT2D eigenvalue weighted by atomic mass is 19.2. The van der Waals surface area contributed by atoms with Crippen molar-refractivity contribution >= 4 is 0 Å². The van der Waals surface area contributed by atoms with Crippen molar-refractivity contribution in [3.63, 3.8) is 0 Å². The number of allylic oxidation sites excluding steroid dienone is 1. The number of rotatable bonds is 13. The molecule has 2 aliphatic carbocycles. The zero-order valence-corrected chi connectivity index (χ0v) is 24.2. The second kappa shape index (κ2) is 15.1. The van der Waals surface area contributed by atoms with Gasteiger partial charge in [-0.1, -0.05) is 31.6 Å². The van der Waals surface area contributed by atoms with E-state index >= 15 is 4.39 Å². The number of unbranched alkanes of at least 4 members (excludes halogenated alkanes) is 1. The SMILES string of the molecule is C=CCCCOc1ccc(C2CCC(COc3ccc(C4CCC(C(O)CCC)CC4)c(F)c3F)CC2)c(F)c1F. The molecule has 3 nitrogen and oxygen atoms in total. The Morgan fingerprint density at radius 3 is 1.88 bits per heavy atom. The van der Waals surface area contributed by atoms with Gasteiger partial charge in [-0.3, -0.25) is 0 Å². The van der Waals surface area contributed by atoms with Crippen LogP contribution in [0.4, 0.5) is 17.6 Å². The normalized spacial score (nSPS) is 23.7. The summed E-state index contributed by atoms with van der Waals surface area (Å²) in [5, 5.41) is 10.3. The molecule has 7 heteroatoms. The summed E-state index contributed by atoms with van der Waals surface area (Å²) in [6, 6.07) is 6.28. The molecule has 0 saturated heterocycles. The maximum absolute atomic E-state index is 15.0. The predicted octanol–water partition coefficient (Wildman–Crippen LogP) is 9.38. The highest BCUT2D eigenvalue weighted by Crippen LogP contribution is 2.41. The van der Waals surface area contributed by atoms with Crippen LogP contribution in [0.2, 0.25) is 0 Å². The molecule has 1 unspecified atom stereocenters. The molecule has 0 bridgehead atoms. The van der Waals surface area contributed by atoms with Gasteiger partial charge in [-0.15, -0.1) is 6.58 Å². The summed E-state index contributed by atoms with van der Waals surface area (Å²) in [4.78, 5) is 0. The maximum Gasteiger partial charge on any atom is 0.200 e. The minimum Gasteiger partial charge on any atom is -0.490 e. The van der Waals surface area contributed by atoms with Gasteiger partial charge in [0.15, 0.2) is 23.1 Å². The van der Waals surface area contributed by atoms with Gasteiger partial charge in [0.05, 0.1) is 19.3 Å². The van der Waals surface area contributed by atoms with Crippen LogP contribution < -0.4 is 9.47 Å². The molecule has 0 aromatic heterocycles. The van der Waals surface area contributed by atoms with E-state index in [0.717, 1.165) is 57.8 Å². The van der Waals surface area contributed by atoms with Gasteiger partial charge in [0.25, 0.3) is 0 Å². The van der Waals surface area contributed by atoms with Crippen LogP contribution in [-0.2, 0) is 0 Å². The summed E-state index contributed by atoms with van der Waals surface area (Å²) in [5.41, 5.74) is 0.749. The summed E-state index contributed by atoms with van der Waals surface area (Å²) in [7, 11) is 0. The molecule has 4 rings (SSSR count). The monoisotopic (exact) mass is 576 g/mol. The summed E-state index contributed by atoms with van der Waals surface area (Å²) in [5.74, 6) is -3.55. The third kappa shape index (κ3) is 7.85. The molecule has 2 aliphatic rings. The molecule has 2 aromatic carbocycles. The summed E-state index contributed by atoms with van der Waals surface area (Å²) < 4.78 is 70.5. The smallest absolute Gasteiger partial charge is 0.200 e. The zero-order valence-electron chi connectivity index (χ0n) is 24.2. The fraction of sp³-hybridized carbons (Fsp3) is 0.588. The number of aliphatic hydroxyl groups is 1. The fourth-order valence-corrected chi connectivity index (χ4v) is 6.55. The average Bonchev–Trinajstić information content (AvgIpc) is 2.99. The Labute approximate surface area is 241 Å². The Morgan fingerprint density at radius 1 is 0.805 bits per heavy atom. The van der Waals surface area contributed by atoms with Crippen LogP contribution in [0, 0.1) is 35.1 Å². The van der Waals surface area contributed by atoms with Crippen molar-refractivity contribution in [2.24, 2.45) is 11.8 Å². The quantitative estimate of drug-likeness (QED) is 0.147. The molecule has 2 aromatic rings. The molecule has 0 amide bonds. The maximum atomic E-state index is 15.0. The highest BCUT2D eigenvalue weighted by Gasteiger charge is 2.30. The van der Waals surface area contributed by atoms with Gasteiger partial charge in [-0.05, 0) is 118 Å². The van der Waals surface area contributed by atoms with Crippen LogP contribution in [0.5, 0.6) is 11.5 Å². The number of aliphatic hydroxyl groups excluding tert-OH is 1. The topological polar surface area (TPSA) is 38.7 Å². The van der Waals surface area contributed by atoms with Crippen molar-refractivity contribution < 1.29 is 32.1 Å². The van der Waals surface area contributed by atoms with Crippen LogP contribution >= 0.6 is 0 Å². The molecule has 0 radical (unpaired) electrons. The minimum atomic E-state index is -0.950. The molecule has 226 valence electrons. The molecule has 0 heterocycles. The number of benzene rings is 2. The van der Waals surface area contributed by atoms with Crippen LogP contribution in [-0.4, -0.2) is 24.4 Å². The Balaban J connectivity index is 1.27. The first-order valence-corrected chi connectivity index (χ1v) is 15.3. The van der Waals surface area contributed by atoms with Gasteiger partial charge in [0.1, 0.15) is 0 Å². The first-order chi connectivity index (χ1) is 19.8. The summed E-state index contributed by atoms with van der Waals surface area (Å²) >= 11 is 0. The van der Waals surface area contributed by atoms with Crippen molar-refractivity contribution in [3.8, 4) is 11.5 Å². The van der Waals surface area contributed by atoms with E-state index in [1.54, 1.807) is 18.2 Å². The minimum absolute atomic E-state index is 0.0537. The van der Waals surface area contributed by atoms with Crippen molar-refractivity contribution in [3.05, 3.63) is 71.3 Å². The number of hydrogen-bond acceptors (Lipinski definition) is 3. The predicted molar refractivity (Wildman–Crippen MR) is 153 cm³/mol. The molecule has 2 saturated carbocycles. The first-order valence-electron chi connectivity index (χ1n) is 15.3. The van der Waals surface area contributed by atoms with Crippen LogP contribution in [0.15, 0.2) is 36.9 Å². The van der Waals surface area contributed by atoms with Gasteiger partial charge < -0.3 is 14.6 Å². The van der Waals surface area contributed by atoms with Gasteiger partial charge in [-0.25, -0.2) is 8.78 Å². The van der Waals surface area contributed by atoms with Crippen LogP contribution in [0.3, 0.4) is 0 Å². The Bertz CT molecular complexity index is 1140. The van der Waals surface area contributed by atoms with Crippen molar-refractivity contribution in [1.82, 2.24) is 0 Å². The second-order valence-corrected chi connectivity index (χ2v) is 11.8. The highest BCUT2D eigenvalue weighted by molar-refractivity contribution is 5.34. The molecule has 41 heavy (non-hydrogen) atoms. The molecule has 1 N–H and O–H groups in total. The number of hydrogen-bond donors (Lipinski definition) is 1. The molecular formula is C34H44F4O3. The van der Waals surface area contributed by atoms with Crippen LogP contribution in [0.1, 0.15) is 107 Å². The standard InChI is InChI=1S/C34H44F4O3/c1-3-5-6-20-40-29-18-16-26(31(35)33(29)37)23-10-8-22(9-11-23)21-41-30-19-17-27(32(36)34(30)38)24-12-14-25(15-13-24)28(39)7-4-2/h3,16-19,22-25,28,39H,1,4-15,20-21H2,2H3. The molecular weight excluding hydrogens is 532 g/mol. The second-order valence-electron chi connectivity index (χ2n) is 11.8. The summed E-state index contributed by atoms with van der Waals surface area (Å²) in [6.07, 6.45) is 10.5. The third-order valence-electron chi connectivity index (χ3n) is 9.07. The van der Waals surface area contributed by atoms with E-state index in [1.807, 2.05) is 0 Å².